The van der Waals surface area contributed by atoms with Crippen LogP contribution in [-0.2, 0) is 19.6 Å². The summed E-state index contributed by atoms with van der Waals surface area (Å²) >= 11 is 2.29. The Hall–Kier alpha value is -1.75. The lowest BCUT2D eigenvalue weighted by Gasteiger charge is -2.26. The van der Waals surface area contributed by atoms with Crippen molar-refractivity contribution in [3.8, 4) is 0 Å². The lowest BCUT2D eigenvalue weighted by atomic mass is 9.99. The minimum atomic E-state index is -3.77. The van der Waals surface area contributed by atoms with Crippen molar-refractivity contribution in [2.24, 2.45) is 0 Å². The van der Waals surface area contributed by atoms with E-state index >= 15 is 0 Å². The summed E-state index contributed by atoms with van der Waals surface area (Å²) in [6.07, 6.45) is 4.05. The zero-order chi connectivity index (χ0) is 19.3. The maximum Gasteiger partial charge on any atom is 0.330 e. The summed E-state index contributed by atoms with van der Waals surface area (Å²) in [4.78, 5) is 12.0. The Morgan fingerprint density at radius 1 is 1.50 bits per heavy atom. The van der Waals surface area contributed by atoms with Crippen LogP contribution in [-0.4, -0.2) is 43.5 Å². The first-order chi connectivity index (χ1) is 12.3. The van der Waals surface area contributed by atoms with Gasteiger partial charge < -0.3 is 14.9 Å². The first kappa shape index (κ1) is 20.6. The van der Waals surface area contributed by atoms with Gasteiger partial charge in [0.05, 0.1) is 12.6 Å². The van der Waals surface area contributed by atoms with Crippen molar-refractivity contribution >= 4 is 39.1 Å². The summed E-state index contributed by atoms with van der Waals surface area (Å²) < 4.78 is 32.5. The molecule has 0 aromatic carbocycles. The summed E-state index contributed by atoms with van der Waals surface area (Å²) in [5.74, 6) is -1.35. The Labute approximate surface area is 160 Å². The van der Waals surface area contributed by atoms with Crippen LogP contribution in [0.25, 0.3) is 0 Å². The van der Waals surface area contributed by atoms with Crippen LogP contribution >= 0.6 is 23.1 Å². The second-order valence-corrected chi connectivity index (χ2v) is 8.91. The van der Waals surface area contributed by atoms with Gasteiger partial charge in [-0.1, -0.05) is 6.07 Å². The van der Waals surface area contributed by atoms with Gasteiger partial charge in [0, 0.05) is 23.0 Å². The molecule has 1 aliphatic rings. The van der Waals surface area contributed by atoms with Crippen molar-refractivity contribution in [2.45, 2.75) is 23.6 Å². The highest BCUT2D eigenvalue weighted by Gasteiger charge is 2.31. The Morgan fingerprint density at radius 3 is 2.81 bits per heavy atom. The van der Waals surface area contributed by atoms with Gasteiger partial charge in [-0.05, 0) is 30.7 Å². The number of thiophene rings is 1. The molecule has 1 aromatic rings. The number of nitrogens with one attached hydrogen (secondary N) is 1. The molecule has 1 aliphatic carbocycles. The molecule has 10 heteroatoms. The van der Waals surface area contributed by atoms with Crippen LogP contribution in [0.3, 0.4) is 0 Å². The minimum absolute atomic E-state index is 0.0939. The standard InChI is InChI=1S/C16H19NO6S3/c1-3-23-13(19)7-6-10-15(20)12(18)9-11(16(10)24-2)17-26(21,22)14-5-4-8-25-14/h4-8,11,17-18,20H,3,9H2,1-2H3/b7-6+. The van der Waals surface area contributed by atoms with Crippen LogP contribution in [0, 0.1) is 0 Å². The lowest BCUT2D eigenvalue weighted by Crippen LogP contribution is -2.37. The van der Waals surface area contributed by atoms with Gasteiger partial charge in [-0.3, -0.25) is 0 Å². The van der Waals surface area contributed by atoms with Gasteiger partial charge in [-0.15, -0.1) is 23.1 Å². The Kier molecular flexibility index (Phi) is 6.93. The van der Waals surface area contributed by atoms with Crippen LogP contribution in [0.2, 0.25) is 0 Å². The highest BCUT2D eigenvalue weighted by molar-refractivity contribution is 8.02. The first-order valence-electron chi connectivity index (χ1n) is 7.60. The average Bonchev–Trinajstić information content (AvgIpc) is 3.12. The van der Waals surface area contributed by atoms with E-state index in [2.05, 4.69) is 4.72 Å². The van der Waals surface area contributed by atoms with Gasteiger partial charge in [-0.25, -0.2) is 17.9 Å². The van der Waals surface area contributed by atoms with E-state index in [4.69, 9.17) is 4.74 Å². The van der Waals surface area contributed by atoms with Crippen molar-refractivity contribution in [3.05, 3.63) is 51.7 Å². The van der Waals surface area contributed by atoms with E-state index in [0.717, 1.165) is 17.4 Å². The normalized spacial score (nSPS) is 18.6. The summed E-state index contributed by atoms with van der Waals surface area (Å²) in [5.41, 5.74) is 0.174. The fraction of sp³-hybridized carbons (Fsp3) is 0.312. The van der Waals surface area contributed by atoms with Crippen molar-refractivity contribution in [2.75, 3.05) is 12.9 Å². The van der Waals surface area contributed by atoms with Gasteiger partial charge in [0.25, 0.3) is 10.0 Å². The smallest absolute Gasteiger partial charge is 0.330 e. The van der Waals surface area contributed by atoms with Crippen molar-refractivity contribution in [1.82, 2.24) is 4.72 Å². The number of carbonyl (C=O) groups is 1. The second-order valence-electron chi connectivity index (χ2n) is 5.17. The van der Waals surface area contributed by atoms with Crippen LogP contribution in [0.15, 0.2) is 55.9 Å². The second kappa shape index (κ2) is 8.76. The number of aliphatic hydroxyl groups is 2. The SMILES string of the molecule is CCOC(=O)/C=C/C1=C(SC)C(NS(=O)(=O)c2cccs2)CC(O)=C1O. The quantitative estimate of drug-likeness (QED) is 0.462. The fourth-order valence-corrected chi connectivity index (χ4v) is 5.46. The first-order valence-corrected chi connectivity index (χ1v) is 11.2. The molecule has 1 heterocycles. The zero-order valence-corrected chi connectivity index (χ0v) is 16.6. The molecule has 2 rings (SSSR count). The predicted molar refractivity (Wildman–Crippen MR) is 102 cm³/mol. The maximum absolute atomic E-state index is 12.5. The van der Waals surface area contributed by atoms with Crippen LogP contribution in [0.4, 0.5) is 0 Å². The van der Waals surface area contributed by atoms with E-state index in [9.17, 15) is 23.4 Å². The van der Waals surface area contributed by atoms with E-state index in [1.165, 1.54) is 23.9 Å². The highest BCUT2D eigenvalue weighted by Crippen LogP contribution is 2.35. The number of esters is 1. The lowest BCUT2D eigenvalue weighted by molar-refractivity contribution is -0.137. The molecular weight excluding hydrogens is 398 g/mol. The van der Waals surface area contributed by atoms with E-state index < -0.39 is 22.0 Å². The average molecular weight is 418 g/mol. The number of carbonyl (C=O) groups excluding carboxylic acids is 1. The third kappa shape index (κ3) is 4.70. The molecule has 26 heavy (non-hydrogen) atoms. The molecule has 0 radical (unpaired) electrons. The molecule has 1 aromatic heterocycles. The summed E-state index contributed by atoms with van der Waals surface area (Å²) in [6, 6.07) is 2.34. The van der Waals surface area contributed by atoms with E-state index in [0.29, 0.717) is 4.91 Å². The van der Waals surface area contributed by atoms with Crippen molar-refractivity contribution in [3.63, 3.8) is 0 Å². The molecule has 0 aliphatic heterocycles. The molecule has 3 N–H and O–H groups in total. The van der Waals surface area contributed by atoms with Gasteiger partial charge in [0.1, 0.15) is 9.97 Å². The summed E-state index contributed by atoms with van der Waals surface area (Å²) in [5, 5.41) is 21.8. The summed E-state index contributed by atoms with van der Waals surface area (Å²) in [6.45, 7) is 1.87. The predicted octanol–water partition coefficient (Wildman–Crippen LogP) is 2.86. The molecule has 1 unspecified atom stereocenters. The Balaban J connectivity index is 2.37. The number of ether oxygens (including phenoxy) is 1. The van der Waals surface area contributed by atoms with E-state index in [-0.39, 0.29) is 34.3 Å². The topological polar surface area (TPSA) is 113 Å². The van der Waals surface area contributed by atoms with E-state index in [1.807, 2.05) is 0 Å². The number of hydrogen-bond acceptors (Lipinski definition) is 8. The monoisotopic (exact) mass is 417 g/mol. The number of allylic oxidation sites excluding steroid dienone is 1. The molecule has 0 amide bonds. The van der Waals surface area contributed by atoms with Gasteiger partial charge in [-0.2, -0.15) is 0 Å². The molecule has 0 fully saturated rings. The van der Waals surface area contributed by atoms with Gasteiger partial charge in [0.2, 0.25) is 0 Å². The molecule has 0 saturated carbocycles. The summed E-state index contributed by atoms with van der Waals surface area (Å²) in [7, 11) is -3.77. The van der Waals surface area contributed by atoms with Crippen molar-refractivity contribution in [1.29, 1.82) is 0 Å². The Bertz CT molecular complexity index is 853. The molecule has 142 valence electrons. The number of thioether (sulfide) groups is 1. The van der Waals surface area contributed by atoms with Crippen LogP contribution in [0.1, 0.15) is 13.3 Å². The zero-order valence-electron chi connectivity index (χ0n) is 14.1. The van der Waals surface area contributed by atoms with Gasteiger partial charge in [0.15, 0.2) is 5.76 Å². The number of sulfonamides is 1. The number of hydrogen-bond donors (Lipinski definition) is 3. The maximum atomic E-state index is 12.5. The Morgan fingerprint density at radius 2 is 2.23 bits per heavy atom. The number of rotatable bonds is 7. The van der Waals surface area contributed by atoms with E-state index in [1.54, 1.807) is 24.6 Å². The van der Waals surface area contributed by atoms with Gasteiger partial charge >= 0.3 is 5.97 Å². The molecule has 7 nitrogen and oxygen atoms in total. The van der Waals surface area contributed by atoms with Crippen molar-refractivity contribution < 1.29 is 28.2 Å². The van der Waals surface area contributed by atoms with Crippen LogP contribution < -0.4 is 4.72 Å². The molecule has 0 saturated heterocycles. The number of aliphatic hydroxyl groups excluding tert-OH is 2. The molecule has 0 spiro atoms. The molecule has 0 bridgehead atoms. The minimum Gasteiger partial charge on any atom is -0.508 e. The molecule has 1 atom stereocenters. The van der Waals surface area contributed by atoms with Crippen LogP contribution in [0.5, 0.6) is 0 Å². The highest BCUT2D eigenvalue weighted by atomic mass is 32.2. The fourth-order valence-electron chi connectivity index (χ4n) is 2.35. The third-order valence-corrected chi connectivity index (χ3v) is 7.27. The third-order valence-electron chi connectivity index (χ3n) is 3.46. The molecular formula is C16H19NO6S3. The largest absolute Gasteiger partial charge is 0.508 e.